The number of para-hydroxylation sites is 1. The number of benzodiazepines with no additional fused rings is 1. The van der Waals surface area contributed by atoms with Gasteiger partial charge < -0.3 is 15.5 Å². The van der Waals surface area contributed by atoms with E-state index in [0.717, 1.165) is 0 Å². The van der Waals surface area contributed by atoms with Crippen LogP contribution in [-0.2, 0) is 27.5 Å². The van der Waals surface area contributed by atoms with Crippen molar-refractivity contribution >= 4 is 29.1 Å². The van der Waals surface area contributed by atoms with Gasteiger partial charge in [0, 0.05) is 24.6 Å². The molecule has 0 bridgehead atoms. The molecule has 1 aliphatic heterocycles. The number of benzene rings is 3. The number of halogens is 3. The number of alkyl halides is 3. The second kappa shape index (κ2) is 12.4. The van der Waals surface area contributed by atoms with E-state index < -0.39 is 48.4 Å². The fourth-order valence-electron chi connectivity index (χ4n) is 5.62. The first-order valence-electron chi connectivity index (χ1n) is 14.3. The lowest BCUT2D eigenvalue weighted by atomic mass is 9.94. The van der Waals surface area contributed by atoms with Gasteiger partial charge in [-0.05, 0) is 36.5 Å². The van der Waals surface area contributed by atoms with Crippen molar-refractivity contribution in [2.75, 3.05) is 11.9 Å². The van der Waals surface area contributed by atoms with E-state index in [0.29, 0.717) is 46.5 Å². The van der Waals surface area contributed by atoms with Gasteiger partial charge in [-0.2, -0.15) is 8.78 Å². The quantitative estimate of drug-likeness (QED) is 0.363. The number of aliphatic imine (C=N–C) groups is 1. The number of amides is 3. The van der Waals surface area contributed by atoms with E-state index in [2.05, 4.69) is 15.6 Å². The lowest BCUT2D eigenvalue weighted by Crippen LogP contribution is -2.62. The molecule has 43 heavy (non-hydrogen) atoms. The molecule has 3 aromatic rings. The minimum absolute atomic E-state index is 0.00622. The predicted octanol–water partition coefficient (Wildman–Crippen LogP) is 5.11. The molecule has 5 rings (SSSR count). The standard InChI is InChI=1S/C33H33F3N4O3/c1-40-26-12-6-5-11-25(26)27(24-15-13-23(21-34)14-16-24)37-28(29(40)41)38-30(42)32(18-7-8-19-32)39-31(43)33(35,36)20-17-22-9-3-2-4-10-22/h2-6,9-16,28H,7-8,17-21H2,1H3,(H,38,42)(H,39,43). The number of likely N-dealkylation sites (N-methyl/N-ethyl adjacent to an activating group) is 1. The summed E-state index contributed by atoms with van der Waals surface area (Å²) in [5.74, 6) is -6.51. The molecule has 1 saturated carbocycles. The number of carbonyl (C=O) groups excluding carboxylic acids is 3. The van der Waals surface area contributed by atoms with E-state index in [9.17, 15) is 18.8 Å². The van der Waals surface area contributed by atoms with Gasteiger partial charge in [-0.1, -0.05) is 85.6 Å². The highest BCUT2D eigenvalue weighted by Crippen LogP contribution is 2.33. The molecule has 0 radical (unpaired) electrons. The number of hydrogen-bond acceptors (Lipinski definition) is 4. The number of hydrogen-bond donors (Lipinski definition) is 2. The Hall–Kier alpha value is -4.47. The van der Waals surface area contributed by atoms with Crippen LogP contribution in [0.15, 0.2) is 83.9 Å². The molecule has 1 aliphatic carbocycles. The van der Waals surface area contributed by atoms with Crippen molar-refractivity contribution in [3.63, 3.8) is 0 Å². The second-order valence-electron chi connectivity index (χ2n) is 11.0. The fraction of sp³-hybridized carbons (Fsp3) is 0.333. The van der Waals surface area contributed by atoms with Gasteiger partial charge in [-0.15, -0.1) is 0 Å². The monoisotopic (exact) mass is 590 g/mol. The summed E-state index contributed by atoms with van der Waals surface area (Å²) in [6, 6.07) is 22.4. The Kier molecular flexibility index (Phi) is 8.66. The van der Waals surface area contributed by atoms with Gasteiger partial charge in [0.1, 0.15) is 12.2 Å². The molecule has 0 saturated heterocycles. The fourth-order valence-corrected chi connectivity index (χ4v) is 5.62. The summed E-state index contributed by atoms with van der Waals surface area (Å²) in [6.07, 6.45) is -0.720. The lowest BCUT2D eigenvalue weighted by molar-refractivity contribution is -0.151. The Morgan fingerprint density at radius 3 is 2.28 bits per heavy atom. The van der Waals surface area contributed by atoms with Gasteiger partial charge in [0.05, 0.1) is 11.4 Å². The Balaban J connectivity index is 1.40. The van der Waals surface area contributed by atoms with Crippen LogP contribution in [0.25, 0.3) is 0 Å². The summed E-state index contributed by atoms with van der Waals surface area (Å²) in [5.41, 5.74) is 1.74. The average molecular weight is 591 g/mol. The molecule has 2 N–H and O–H groups in total. The maximum Gasteiger partial charge on any atom is 0.324 e. The van der Waals surface area contributed by atoms with Crippen LogP contribution in [0, 0.1) is 0 Å². The number of rotatable bonds is 9. The molecule has 2 aliphatic rings. The number of fused-ring (bicyclic) bond motifs is 1. The van der Waals surface area contributed by atoms with Crippen LogP contribution in [0.5, 0.6) is 0 Å². The third-order valence-electron chi connectivity index (χ3n) is 8.14. The molecule has 3 amide bonds. The first kappa shape index (κ1) is 30.0. The van der Waals surface area contributed by atoms with E-state index in [1.807, 2.05) is 0 Å². The van der Waals surface area contributed by atoms with Crippen molar-refractivity contribution in [2.45, 2.75) is 62.8 Å². The Bertz CT molecular complexity index is 1520. The van der Waals surface area contributed by atoms with E-state index >= 15 is 8.78 Å². The van der Waals surface area contributed by atoms with Crippen LogP contribution in [0.1, 0.15) is 54.4 Å². The number of carbonyl (C=O) groups is 3. The van der Waals surface area contributed by atoms with Gasteiger partial charge >= 0.3 is 5.92 Å². The van der Waals surface area contributed by atoms with Crippen molar-refractivity contribution in [2.24, 2.45) is 4.99 Å². The predicted molar refractivity (Wildman–Crippen MR) is 158 cm³/mol. The Labute approximate surface area is 248 Å². The van der Waals surface area contributed by atoms with Gasteiger partial charge in [-0.3, -0.25) is 14.4 Å². The molecule has 0 aromatic heterocycles. The normalized spacial score (nSPS) is 18.0. The molecule has 224 valence electrons. The zero-order chi connectivity index (χ0) is 30.6. The maximum absolute atomic E-state index is 15.0. The SMILES string of the molecule is CN1C(=O)C(NC(=O)C2(NC(=O)C(F)(F)CCc3ccccc3)CCCC2)N=C(c2ccc(CF)cc2)c2ccccc21. The minimum atomic E-state index is -3.71. The molecular weight excluding hydrogens is 557 g/mol. The third kappa shape index (κ3) is 6.33. The van der Waals surface area contributed by atoms with Crippen LogP contribution in [0.4, 0.5) is 18.9 Å². The van der Waals surface area contributed by atoms with Crippen LogP contribution >= 0.6 is 0 Å². The van der Waals surface area contributed by atoms with E-state index in [1.165, 1.54) is 4.90 Å². The lowest BCUT2D eigenvalue weighted by Gasteiger charge is -2.32. The molecule has 0 spiro atoms. The molecule has 1 unspecified atom stereocenters. The third-order valence-corrected chi connectivity index (χ3v) is 8.14. The first-order chi connectivity index (χ1) is 20.6. The zero-order valence-corrected chi connectivity index (χ0v) is 23.8. The summed E-state index contributed by atoms with van der Waals surface area (Å²) < 4.78 is 43.2. The van der Waals surface area contributed by atoms with Crippen LogP contribution in [0.2, 0.25) is 0 Å². The highest BCUT2D eigenvalue weighted by molar-refractivity contribution is 6.20. The average Bonchev–Trinajstić information content (AvgIpc) is 3.48. The van der Waals surface area contributed by atoms with Crippen LogP contribution in [-0.4, -0.2) is 48.1 Å². The van der Waals surface area contributed by atoms with Gasteiger partial charge in [-0.25, -0.2) is 9.38 Å². The summed E-state index contributed by atoms with van der Waals surface area (Å²) in [5, 5.41) is 5.02. The molecule has 3 aromatic carbocycles. The van der Waals surface area contributed by atoms with Crippen molar-refractivity contribution in [3.8, 4) is 0 Å². The van der Waals surface area contributed by atoms with E-state index in [-0.39, 0.29) is 19.3 Å². The van der Waals surface area contributed by atoms with Crippen LogP contribution < -0.4 is 15.5 Å². The number of nitrogens with one attached hydrogen (secondary N) is 2. The molecule has 1 fully saturated rings. The minimum Gasteiger partial charge on any atom is -0.336 e. The second-order valence-corrected chi connectivity index (χ2v) is 11.0. The topological polar surface area (TPSA) is 90.9 Å². The van der Waals surface area contributed by atoms with Gasteiger partial charge in [0.15, 0.2) is 0 Å². The highest BCUT2D eigenvalue weighted by Gasteiger charge is 2.49. The summed E-state index contributed by atoms with van der Waals surface area (Å²) >= 11 is 0. The van der Waals surface area contributed by atoms with Crippen molar-refractivity contribution < 1.29 is 27.6 Å². The molecule has 7 nitrogen and oxygen atoms in total. The largest absolute Gasteiger partial charge is 0.336 e. The smallest absolute Gasteiger partial charge is 0.324 e. The van der Waals surface area contributed by atoms with Crippen molar-refractivity contribution in [3.05, 3.63) is 101 Å². The van der Waals surface area contributed by atoms with Gasteiger partial charge in [0.2, 0.25) is 12.1 Å². The zero-order valence-electron chi connectivity index (χ0n) is 23.8. The maximum atomic E-state index is 15.0. The van der Waals surface area contributed by atoms with Crippen molar-refractivity contribution in [1.82, 2.24) is 10.6 Å². The highest BCUT2D eigenvalue weighted by atomic mass is 19.3. The molecular formula is C33H33F3N4O3. The van der Waals surface area contributed by atoms with E-state index in [1.54, 1.807) is 85.9 Å². The summed E-state index contributed by atoms with van der Waals surface area (Å²) in [4.78, 5) is 46.3. The molecule has 10 heteroatoms. The number of aryl methyl sites for hydroxylation is 1. The summed E-state index contributed by atoms with van der Waals surface area (Å²) in [7, 11) is 1.56. The first-order valence-corrected chi connectivity index (χ1v) is 14.3. The summed E-state index contributed by atoms with van der Waals surface area (Å²) in [6.45, 7) is -0.637. The van der Waals surface area contributed by atoms with E-state index in [4.69, 9.17) is 0 Å². The van der Waals surface area contributed by atoms with Gasteiger partial charge in [0.25, 0.3) is 11.8 Å². The number of nitrogens with zero attached hydrogens (tertiary/aromatic N) is 2. The molecule has 1 atom stereocenters. The van der Waals surface area contributed by atoms with Crippen LogP contribution in [0.3, 0.4) is 0 Å². The Morgan fingerprint density at radius 1 is 0.953 bits per heavy atom. The number of anilines is 1. The van der Waals surface area contributed by atoms with Crippen molar-refractivity contribution in [1.29, 1.82) is 0 Å². The molecule has 1 heterocycles. The Morgan fingerprint density at radius 2 is 1.60 bits per heavy atom.